The molecule has 1 aliphatic heterocycles. The van der Waals surface area contributed by atoms with Crippen LogP contribution in [0.3, 0.4) is 0 Å². The monoisotopic (exact) mass is 716 g/mol. The van der Waals surface area contributed by atoms with Crippen LogP contribution >= 0.6 is 9.03 Å². The maximum atomic E-state index is 6.91. The third-order valence-corrected chi connectivity index (χ3v) is 12.8. The lowest BCUT2D eigenvalue weighted by Crippen LogP contribution is -2.26. The highest BCUT2D eigenvalue weighted by atomic mass is 31.1. The summed E-state index contributed by atoms with van der Waals surface area (Å²) in [5.74, 6) is 1.83. The van der Waals surface area contributed by atoms with Crippen LogP contribution in [0.2, 0.25) is 0 Å². The second-order valence-electron chi connectivity index (χ2n) is 16.9. The first-order valence-electron chi connectivity index (χ1n) is 18.9. The Morgan fingerprint density at radius 3 is 0.962 bits per heavy atom. The van der Waals surface area contributed by atoms with E-state index < -0.39 is 0 Å². The van der Waals surface area contributed by atoms with Crippen LogP contribution < -0.4 is 9.05 Å². The van der Waals surface area contributed by atoms with Gasteiger partial charge in [-0.1, -0.05) is 208 Å². The molecule has 2 nitrogen and oxygen atoms in total. The van der Waals surface area contributed by atoms with Crippen LogP contribution in [0.15, 0.2) is 146 Å². The van der Waals surface area contributed by atoms with Gasteiger partial charge in [-0.2, -0.15) is 0 Å². The zero-order valence-electron chi connectivity index (χ0n) is 32.8. The molecule has 53 heavy (non-hydrogen) atoms. The summed E-state index contributed by atoms with van der Waals surface area (Å²) in [6.07, 6.45) is 0. The average Bonchev–Trinajstić information content (AvgIpc) is 3.18. The van der Waals surface area contributed by atoms with Gasteiger partial charge in [0.2, 0.25) is 0 Å². The van der Waals surface area contributed by atoms with Gasteiger partial charge in [0.1, 0.15) is 11.5 Å². The zero-order valence-corrected chi connectivity index (χ0v) is 33.8. The van der Waals surface area contributed by atoms with E-state index in [1.165, 1.54) is 55.6 Å². The van der Waals surface area contributed by atoms with E-state index in [9.17, 15) is 0 Å². The molecule has 0 saturated heterocycles. The fourth-order valence-electron chi connectivity index (χ4n) is 8.16. The smallest absolute Gasteiger partial charge is 0.275 e. The Hall–Kier alpha value is -4.65. The number of benzene rings is 6. The molecule has 270 valence electrons. The second kappa shape index (κ2) is 14.0. The van der Waals surface area contributed by atoms with Gasteiger partial charge in [0.15, 0.2) is 0 Å². The second-order valence-corrected chi connectivity index (χ2v) is 17.4. The van der Waals surface area contributed by atoms with Gasteiger partial charge < -0.3 is 9.05 Å². The summed E-state index contributed by atoms with van der Waals surface area (Å²) in [6.45, 7) is 21.0. The average molecular weight is 717 g/mol. The molecule has 0 aliphatic carbocycles. The molecule has 1 heterocycles. The quantitative estimate of drug-likeness (QED) is 0.146. The van der Waals surface area contributed by atoms with Crippen molar-refractivity contribution in [3.8, 4) is 11.5 Å². The molecule has 0 aromatic heterocycles. The largest absolute Gasteiger partial charge is 0.440 e. The van der Waals surface area contributed by atoms with Gasteiger partial charge >= 0.3 is 0 Å². The molecule has 0 fully saturated rings. The summed E-state index contributed by atoms with van der Waals surface area (Å²) >= 11 is 0. The minimum atomic E-state index is -0.335. The minimum absolute atomic E-state index is 0.0289. The van der Waals surface area contributed by atoms with E-state index in [4.69, 9.17) is 9.05 Å². The fourth-order valence-corrected chi connectivity index (χ4v) is 8.82. The summed E-state index contributed by atoms with van der Waals surface area (Å²) in [5.41, 5.74) is 11.2. The zero-order chi connectivity index (χ0) is 37.6. The van der Waals surface area contributed by atoms with Crippen molar-refractivity contribution in [2.24, 2.45) is 0 Å². The Morgan fingerprint density at radius 2 is 0.660 bits per heavy atom. The molecule has 0 bridgehead atoms. The van der Waals surface area contributed by atoms with Crippen molar-refractivity contribution in [3.63, 3.8) is 0 Å². The van der Waals surface area contributed by atoms with E-state index in [1.807, 2.05) is 0 Å². The van der Waals surface area contributed by atoms with Gasteiger partial charge in [0.05, 0.1) is 0 Å². The summed E-state index contributed by atoms with van der Waals surface area (Å²) in [4.78, 5) is 0. The van der Waals surface area contributed by atoms with Gasteiger partial charge in [0.25, 0.3) is 9.03 Å². The molecule has 0 N–H and O–H groups in total. The molecule has 0 unspecified atom stereocenters. The number of hydrogen-bond acceptors (Lipinski definition) is 2. The Balaban J connectivity index is 1.52. The predicted octanol–water partition coefficient (Wildman–Crippen LogP) is 13.4. The lowest BCUT2D eigenvalue weighted by Gasteiger charge is -2.37. The van der Waals surface area contributed by atoms with Crippen molar-refractivity contribution in [2.75, 3.05) is 0 Å². The third kappa shape index (κ3) is 6.61. The summed E-state index contributed by atoms with van der Waals surface area (Å²) in [6, 6.07) is 53.1. The molecule has 0 saturated carbocycles. The maximum Gasteiger partial charge on any atom is 0.275 e. The third-order valence-electron chi connectivity index (χ3n) is 12.2. The van der Waals surface area contributed by atoms with Crippen LogP contribution in [0.5, 0.6) is 11.5 Å². The lowest BCUT2D eigenvalue weighted by atomic mass is 9.69. The molecular weight excluding hydrogens is 664 g/mol. The van der Waals surface area contributed by atoms with Crippen LogP contribution in [-0.2, 0) is 21.7 Å². The van der Waals surface area contributed by atoms with Crippen molar-refractivity contribution in [1.82, 2.24) is 0 Å². The summed E-state index contributed by atoms with van der Waals surface area (Å²) in [7, 11) is -0.207. The highest BCUT2D eigenvalue weighted by Gasteiger charge is 2.38. The summed E-state index contributed by atoms with van der Waals surface area (Å²) in [5, 5.41) is 0. The van der Waals surface area contributed by atoms with E-state index in [-0.39, 0.29) is 36.6 Å². The van der Waals surface area contributed by atoms with E-state index in [0.717, 1.165) is 11.5 Å². The molecule has 6 aromatic rings. The van der Waals surface area contributed by atoms with Crippen LogP contribution in [0.1, 0.15) is 124 Å². The normalized spacial score (nSPS) is 15.4. The first-order valence-corrected chi connectivity index (χ1v) is 19.7. The van der Waals surface area contributed by atoms with Gasteiger partial charge in [-0.15, -0.1) is 0 Å². The Morgan fingerprint density at radius 1 is 0.377 bits per heavy atom. The number of hydrogen-bond donors (Lipinski definition) is 0. The number of rotatable bonds is 8. The van der Waals surface area contributed by atoms with E-state index in [1.54, 1.807) is 0 Å². The van der Waals surface area contributed by atoms with Crippen LogP contribution in [0, 0.1) is 0 Å². The first-order chi connectivity index (χ1) is 25.2. The van der Waals surface area contributed by atoms with E-state index >= 15 is 0 Å². The molecule has 0 spiro atoms. The molecule has 3 heteroatoms. The Labute approximate surface area is 319 Å². The number of fused-ring (bicyclic) bond motifs is 2. The molecular formula is C50H53O2P. The molecule has 0 radical (unpaired) electrons. The van der Waals surface area contributed by atoms with Crippen molar-refractivity contribution in [1.29, 1.82) is 0 Å². The molecule has 7 rings (SSSR count). The van der Waals surface area contributed by atoms with Crippen molar-refractivity contribution in [2.45, 2.75) is 89.9 Å². The van der Waals surface area contributed by atoms with Crippen molar-refractivity contribution >= 4 is 9.03 Å². The van der Waals surface area contributed by atoms with Crippen molar-refractivity contribution in [3.05, 3.63) is 201 Å². The highest BCUT2D eigenvalue weighted by molar-refractivity contribution is 7.27. The lowest BCUT2D eigenvalue weighted by molar-refractivity contribution is 0.466. The predicted molar refractivity (Wildman–Crippen MR) is 224 cm³/mol. The van der Waals surface area contributed by atoms with Gasteiger partial charge in [-0.05, 0) is 33.4 Å². The van der Waals surface area contributed by atoms with Crippen LogP contribution in [0.25, 0.3) is 0 Å². The van der Waals surface area contributed by atoms with Crippen LogP contribution in [-0.4, -0.2) is 0 Å². The van der Waals surface area contributed by atoms with E-state index in [0.29, 0.717) is 0 Å². The van der Waals surface area contributed by atoms with Gasteiger partial charge in [-0.25, -0.2) is 0 Å². The van der Waals surface area contributed by atoms with Gasteiger partial charge in [0, 0.05) is 49.8 Å². The molecule has 1 aliphatic rings. The maximum absolute atomic E-state index is 6.91. The SMILES string of the molecule is CC1c2cc(C(C)(C)c3ccccc3)cc(C(C)(C)c3ccccc3)c2OPOc2c1cc(C(C)(C)c1ccccc1)cc2C(C)(C)c1ccccc1. The van der Waals surface area contributed by atoms with Crippen LogP contribution in [0.4, 0.5) is 0 Å². The van der Waals surface area contributed by atoms with Crippen molar-refractivity contribution < 1.29 is 9.05 Å². The molecule has 0 atom stereocenters. The standard InChI is InChI=1S/C50H53O2P/c1-34-41-30-39(47(2,3)35-22-14-10-15-23-35)32-43(49(6,7)37-26-18-12-19-27-37)45(41)51-53-52-46-42(34)31-40(48(4,5)36-24-16-11-17-25-36)33-44(46)50(8,9)38-28-20-13-21-29-38/h10-34,53H,1-9H3. The van der Waals surface area contributed by atoms with E-state index in [2.05, 4.69) is 208 Å². The topological polar surface area (TPSA) is 18.5 Å². The fraction of sp³-hybridized carbons (Fsp3) is 0.280. The highest BCUT2D eigenvalue weighted by Crippen LogP contribution is 2.53. The summed E-state index contributed by atoms with van der Waals surface area (Å²) < 4.78 is 13.8. The minimum Gasteiger partial charge on any atom is -0.440 e. The Bertz CT molecular complexity index is 2040. The Kier molecular flexibility index (Phi) is 9.67. The first kappa shape index (κ1) is 36.7. The molecule has 6 aromatic carbocycles. The van der Waals surface area contributed by atoms with Gasteiger partial charge in [-0.3, -0.25) is 0 Å². The molecule has 0 amide bonds.